The number of piperidine rings is 1. The van der Waals surface area contributed by atoms with Crippen molar-refractivity contribution in [2.24, 2.45) is 0 Å². The Balaban J connectivity index is 1.99. The SMILES string of the molecule is CNC1CCCN(C(=O)C2(N(C)C)CC2)C1. The summed E-state index contributed by atoms with van der Waals surface area (Å²) in [7, 11) is 6.02. The van der Waals surface area contributed by atoms with E-state index in [1.807, 2.05) is 21.1 Å². The number of rotatable bonds is 3. The van der Waals surface area contributed by atoms with Gasteiger partial charge in [-0.25, -0.2) is 0 Å². The topological polar surface area (TPSA) is 35.6 Å². The van der Waals surface area contributed by atoms with Crippen molar-refractivity contribution in [3.8, 4) is 0 Å². The number of nitrogens with one attached hydrogen (secondary N) is 1. The van der Waals surface area contributed by atoms with Gasteiger partial charge < -0.3 is 10.2 Å². The molecule has 2 aliphatic rings. The Morgan fingerprint density at radius 3 is 2.62 bits per heavy atom. The van der Waals surface area contributed by atoms with Crippen molar-refractivity contribution in [3.05, 3.63) is 0 Å². The van der Waals surface area contributed by atoms with Gasteiger partial charge in [-0.15, -0.1) is 0 Å². The van der Waals surface area contributed by atoms with Crippen LogP contribution >= 0.6 is 0 Å². The van der Waals surface area contributed by atoms with Gasteiger partial charge in [0.1, 0.15) is 5.54 Å². The monoisotopic (exact) mass is 225 g/mol. The second kappa shape index (κ2) is 4.34. The molecule has 0 spiro atoms. The van der Waals surface area contributed by atoms with Crippen LogP contribution in [0, 0.1) is 0 Å². The van der Waals surface area contributed by atoms with E-state index in [0.29, 0.717) is 11.9 Å². The third-order valence-electron chi connectivity index (χ3n) is 4.09. The first-order valence-corrected chi connectivity index (χ1v) is 6.24. The number of hydrogen-bond acceptors (Lipinski definition) is 3. The van der Waals surface area contributed by atoms with Gasteiger partial charge in [-0.05, 0) is 46.8 Å². The van der Waals surface area contributed by atoms with Crippen LogP contribution in [0.5, 0.6) is 0 Å². The standard InChI is InChI=1S/C12H23N3O/c1-13-10-5-4-8-15(9-10)11(16)12(6-7-12)14(2)3/h10,13H,4-9H2,1-3H3. The normalized spacial score (nSPS) is 28.2. The molecule has 1 heterocycles. The predicted octanol–water partition coefficient (Wildman–Crippen LogP) is 0.291. The van der Waals surface area contributed by atoms with Crippen LogP contribution in [0.1, 0.15) is 25.7 Å². The minimum Gasteiger partial charge on any atom is -0.340 e. The van der Waals surface area contributed by atoms with E-state index in [4.69, 9.17) is 0 Å². The zero-order chi connectivity index (χ0) is 11.8. The third-order valence-corrected chi connectivity index (χ3v) is 4.09. The van der Waals surface area contributed by atoms with Crippen LogP contribution in [-0.4, -0.2) is 61.5 Å². The summed E-state index contributed by atoms with van der Waals surface area (Å²) in [6.45, 7) is 1.82. The van der Waals surface area contributed by atoms with Crippen LogP contribution in [0.25, 0.3) is 0 Å². The van der Waals surface area contributed by atoms with Gasteiger partial charge in [0, 0.05) is 19.1 Å². The minimum atomic E-state index is -0.157. The average molecular weight is 225 g/mol. The summed E-state index contributed by atoms with van der Waals surface area (Å²) in [5.74, 6) is 0.345. The molecule has 92 valence electrons. The summed E-state index contributed by atoms with van der Waals surface area (Å²) in [6, 6.07) is 0.482. The highest BCUT2D eigenvalue weighted by Gasteiger charge is 2.53. The maximum atomic E-state index is 12.4. The summed E-state index contributed by atoms with van der Waals surface area (Å²) in [5, 5.41) is 3.28. The maximum Gasteiger partial charge on any atom is 0.243 e. The molecule has 0 radical (unpaired) electrons. The second-order valence-electron chi connectivity index (χ2n) is 5.31. The average Bonchev–Trinajstić information content (AvgIpc) is 3.09. The Bertz CT molecular complexity index is 273. The molecule has 1 saturated carbocycles. The van der Waals surface area contributed by atoms with Crippen LogP contribution < -0.4 is 5.32 Å². The largest absolute Gasteiger partial charge is 0.340 e. The van der Waals surface area contributed by atoms with E-state index in [9.17, 15) is 4.79 Å². The Morgan fingerprint density at radius 2 is 2.12 bits per heavy atom. The van der Waals surface area contributed by atoms with E-state index in [0.717, 1.165) is 32.4 Å². The van der Waals surface area contributed by atoms with Crippen molar-refractivity contribution in [1.29, 1.82) is 0 Å². The molecule has 2 rings (SSSR count). The number of hydrogen-bond donors (Lipinski definition) is 1. The van der Waals surface area contributed by atoms with Gasteiger partial charge in [-0.1, -0.05) is 0 Å². The summed E-state index contributed by atoms with van der Waals surface area (Å²) >= 11 is 0. The number of carbonyl (C=O) groups excluding carboxylic acids is 1. The number of likely N-dealkylation sites (tertiary alicyclic amines) is 1. The zero-order valence-corrected chi connectivity index (χ0v) is 10.6. The zero-order valence-electron chi connectivity index (χ0n) is 10.6. The van der Waals surface area contributed by atoms with Gasteiger partial charge >= 0.3 is 0 Å². The van der Waals surface area contributed by atoms with Crippen molar-refractivity contribution < 1.29 is 4.79 Å². The van der Waals surface area contributed by atoms with E-state index < -0.39 is 0 Å². The van der Waals surface area contributed by atoms with E-state index >= 15 is 0 Å². The highest BCUT2D eigenvalue weighted by Crippen LogP contribution is 2.42. The second-order valence-corrected chi connectivity index (χ2v) is 5.31. The smallest absolute Gasteiger partial charge is 0.243 e. The van der Waals surface area contributed by atoms with Crippen molar-refractivity contribution in [2.75, 3.05) is 34.2 Å². The fourth-order valence-electron chi connectivity index (χ4n) is 2.66. The predicted molar refractivity (Wildman–Crippen MR) is 64.3 cm³/mol. The molecule has 2 fully saturated rings. The van der Waals surface area contributed by atoms with Gasteiger partial charge in [0.15, 0.2) is 0 Å². The lowest BCUT2D eigenvalue weighted by molar-refractivity contribution is -0.139. The molecule has 4 heteroatoms. The van der Waals surface area contributed by atoms with Crippen molar-refractivity contribution >= 4 is 5.91 Å². The lowest BCUT2D eigenvalue weighted by Gasteiger charge is -2.36. The molecule has 1 amide bonds. The van der Waals surface area contributed by atoms with Crippen molar-refractivity contribution in [3.63, 3.8) is 0 Å². The molecule has 1 aliphatic heterocycles. The van der Waals surface area contributed by atoms with Crippen molar-refractivity contribution in [2.45, 2.75) is 37.3 Å². The molecule has 1 saturated heterocycles. The summed E-state index contributed by atoms with van der Waals surface area (Å²) in [5.41, 5.74) is -0.157. The van der Waals surface area contributed by atoms with Gasteiger partial charge in [0.2, 0.25) is 5.91 Å². The van der Waals surface area contributed by atoms with E-state index in [1.165, 1.54) is 6.42 Å². The van der Waals surface area contributed by atoms with Gasteiger partial charge in [0.05, 0.1) is 0 Å². The first-order valence-electron chi connectivity index (χ1n) is 6.24. The van der Waals surface area contributed by atoms with E-state index in [2.05, 4.69) is 15.1 Å². The summed E-state index contributed by atoms with van der Waals surface area (Å²) in [6.07, 6.45) is 4.37. The molecular formula is C12H23N3O. The third kappa shape index (κ3) is 1.96. The van der Waals surface area contributed by atoms with Gasteiger partial charge in [-0.2, -0.15) is 0 Å². The lowest BCUT2D eigenvalue weighted by atomic mass is 10.0. The molecule has 1 N–H and O–H groups in total. The van der Waals surface area contributed by atoms with Crippen molar-refractivity contribution in [1.82, 2.24) is 15.1 Å². The molecule has 1 aliphatic carbocycles. The van der Waals surface area contributed by atoms with E-state index in [1.54, 1.807) is 0 Å². The fraction of sp³-hybridized carbons (Fsp3) is 0.917. The molecule has 0 bridgehead atoms. The number of carbonyl (C=O) groups is 1. The van der Waals surface area contributed by atoms with Crippen LogP contribution in [-0.2, 0) is 4.79 Å². The first-order chi connectivity index (χ1) is 7.60. The Labute approximate surface area is 98.0 Å². The molecule has 0 aromatic rings. The molecule has 0 aromatic heterocycles. The maximum absolute atomic E-state index is 12.4. The highest BCUT2D eigenvalue weighted by atomic mass is 16.2. The molecule has 1 unspecified atom stereocenters. The Morgan fingerprint density at radius 1 is 1.44 bits per heavy atom. The number of nitrogens with zero attached hydrogens (tertiary/aromatic N) is 2. The molecule has 16 heavy (non-hydrogen) atoms. The lowest BCUT2D eigenvalue weighted by Crippen LogP contribution is -2.54. The molecule has 4 nitrogen and oxygen atoms in total. The molecule has 1 atom stereocenters. The summed E-state index contributed by atoms with van der Waals surface area (Å²) < 4.78 is 0. The van der Waals surface area contributed by atoms with Crippen LogP contribution in [0.2, 0.25) is 0 Å². The van der Waals surface area contributed by atoms with Crippen LogP contribution in [0.3, 0.4) is 0 Å². The minimum absolute atomic E-state index is 0.157. The van der Waals surface area contributed by atoms with Gasteiger partial charge in [0.25, 0.3) is 0 Å². The summed E-state index contributed by atoms with van der Waals surface area (Å²) in [4.78, 5) is 16.6. The Kier molecular flexibility index (Phi) is 3.22. The number of amides is 1. The fourth-order valence-corrected chi connectivity index (χ4v) is 2.66. The molecule has 0 aromatic carbocycles. The van der Waals surface area contributed by atoms with Crippen LogP contribution in [0.4, 0.5) is 0 Å². The quantitative estimate of drug-likeness (QED) is 0.750. The number of likely N-dealkylation sites (N-methyl/N-ethyl adjacent to an activating group) is 2. The Hall–Kier alpha value is -0.610. The van der Waals surface area contributed by atoms with Gasteiger partial charge in [-0.3, -0.25) is 9.69 Å². The van der Waals surface area contributed by atoms with Crippen LogP contribution in [0.15, 0.2) is 0 Å². The first kappa shape index (κ1) is 11.9. The molecular weight excluding hydrogens is 202 g/mol. The highest BCUT2D eigenvalue weighted by molar-refractivity contribution is 5.89. The van der Waals surface area contributed by atoms with E-state index in [-0.39, 0.29) is 5.54 Å².